The van der Waals surface area contributed by atoms with E-state index in [1.807, 2.05) is 12.1 Å². The number of aromatic nitrogens is 4. The zero-order valence-corrected chi connectivity index (χ0v) is 12.9. The number of rotatable bonds is 2. The fourth-order valence-corrected chi connectivity index (χ4v) is 2.81. The fraction of sp³-hybridized carbons (Fsp3) is 0.250. The Labute approximate surface area is 137 Å². The summed E-state index contributed by atoms with van der Waals surface area (Å²) in [7, 11) is 0. The second-order valence-electron chi connectivity index (χ2n) is 5.54. The number of hydrogen-bond donors (Lipinski definition) is 1. The van der Waals surface area contributed by atoms with Crippen LogP contribution in [0.3, 0.4) is 0 Å². The molecule has 2 N–H and O–H groups in total. The molecule has 24 heavy (non-hydrogen) atoms. The molecular weight excluding hydrogens is 308 g/mol. The number of carbonyl (C=O) groups excluding carboxylic acids is 1. The summed E-state index contributed by atoms with van der Waals surface area (Å²) < 4.78 is 7.34. The lowest BCUT2D eigenvalue weighted by molar-refractivity contribution is -0.0246. The summed E-state index contributed by atoms with van der Waals surface area (Å²) in [6.07, 6.45) is 4.67. The zero-order chi connectivity index (χ0) is 16.5. The molecule has 1 aliphatic rings. The summed E-state index contributed by atoms with van der Waals surface area (Å²) in [4.78, 5) is 23.1. The number of anilines is 1. The van der Waals surface area contributed by atoms with E-state index in [0.29, 0.717) is 36.7 Å². The van der Waals surface area contributed by atoms with Gasteiger partial charge in [0, 0.05) is 18.9 Å². The normalized spacial score (nSPS) is 18.0. The second kappa shape index (κ2) is 5.89. The lowest BCUT2D eigenvalue weighted by Gasteiger charge is -2.32. The number of morpholine rings is 1. The van der Waals surface area contributed by atoms with Gasteiger partial charge in [0.15, 0.2) is 5.65 Å². The van der Waals surface area contributed by atoms with Crippen LogP contribution < -0.4 is 5.73 Å². The van der Waals surface area contributed by atoms with Crippen molar-refractivity contribution in [3.05, 3.63) is 54.1 Å². The van der Waals surface area contributed by atoms with E-state index in [1.165, 1.54) is 0 Å². The van der Waals surface area contributed by atoms with Crippen LogP contribution in [0.4, 0.5) is 5.82 Å². The molecule has 8 heteroatoms. The molecule has 1 aliphatic heterocycles. The van der Waals surface area contributed by atoms with Gasteiger partial charge in [-0.05, 0) is 18.2 Å². The predicted octanol–water partition coefficient (Wildman–Crippen LogP) is 0.920. The standard InChI is InChI=1S/C16H16N6O2/c17-14-4-1-3-12(20-14)13-10-21(7-8-24-13)16(23)11-9-19-22-6-2-5-18-15(11)22/h1-6,9,13H,7-8,10H2,(H2,17,20)/t13-/m1/s1. The summed E-state index contributed by atoms with van der Waals surface area (Å²) in [5.41, 5.74) is 7.49. The molecule has 4 heterocycles. The third-order valence-corrected chi connectivity index (χ3v) is 3.99. The molecule has 0 spiro atoms. The van der Waals surface area contributed by atoms with Gasteiger partial charge in [0.05, 0.1) is 25.0 Å². The minimum atomic E-state index is -0.291. The van der Waals surface area contributed by atoms with Crippen molar-refractivity contribution in [1.82, 2.24) is 24.5 Å². The number of fused-ring (bicyclic) bond motifs is 1. The SMILES string of the molecule is Nc1cccc([C@H]2CN(C(=O)c3cnn4cccnc34)CCO2)n1. The molecule has 0 unspecified atom stereocenters. The molecule has 0 radical (unpaired) electrons. The monoisotopic (exact) mass is 324 g/mol. The van der Waals surface area contributed by atoms with E-state index in [1.54, 1.807) is 40.1 Å². The molecule has 0 aliphatic carbocycles. The average Bonchev–Trinajstić information content (AvgIpc) is 3.05. The summed E-state index contributed by atoms with van der Waals surface area (Å²) >= 11 is 0. The number of nitrogen functional groups attached to an aromatic ring is 1. The maximum atomic E-state index is 12.9. The first-order valence-electron chi connectivity index (χ1n) is 7.64. The Morgan fingerprint density at radius 3 is 3.12 bits per heavy atom. The van der Waals surface area contributed by atoms with Gasteiger partial charge in [-0.15, -0.1) is 0 Å². The fourth-order valence-electron chi connectivity index (χ4n) is 2.81. The molecule has 0 aromatic carbocycles. The first-order chi connectivity index (χ1) is 11.7. The summed E-state index contributed by atoms with van der Waals surface area (Å²) in [5.74, 6) is 0.326. The van der Waals surface area contributed by atoms with Gasteiger partial charge in [0.2, 0.25) is 0 Å². The lowest BCUT2D eigenvalue weighted by atomic mass is 10.1. The Kier molecular flexibility index (Phi) is 3.58. The van der Waals surface area contributed by atoms with E-state index in [0.717, 1.165) is 5.69 Å². The van der Waals surface area contributed by atoms with Crippen LogP contribution in [0.25, 0.3) is 5.65 Å². The van der Waals surface area contributed by atoms with Crippen molar-refractivity contribution < 1.29 is 9.53 Å². The third kappa shape index (κ3) is 2.56. The van der Waals surface area contributed by atoms with Crippen molar-refractivity contribution in [3.63, 3.8) is 0 Å². The summed E-state index contributed by atoms with van der Waals surface area (Å²) in [6, 6.07) is 7.17. The summed E-state index contributed by atoms with van der Waals surface area (Å²) in [6.45, 7) is 1.38. The van der Waals surface area contributed by atoms with Crippen LogP contribution in [0.5, 0.6) is 0 Å². The molecule has 1 fully saturated rings. The lowest BCUT2D eigenvalue weighted by Crippen LogP contribution is -2.42. The van der Waals surface area contributed by atoms with Crippen molar-refractivity contribution in [2.24, 2.45) is 0 Å². The van der Waals surface area contributed by atoms with Crippen LogP contribution >= 0.6 is 0 Å². The van der Waals surface area contributed by atoms with E-state index in [9.17, 15) is 4.79 Å². The molecule has 3 aromatic rings. The summed E-state index contributed by atoms with van der Waals surface area (Å²) in [5, 5.41) is 4.17. The minimum Gasteiger partial charge on any atom is -0.384 e. The molecule has 1 saturated heterocycles. The maximum absolute atomic E-state index is 12.9. The smallest absolute Gasteiger partial charge is 0.259 e. The van der Waals surface area contributed by atoms with Crippen molar-refractivity contribution in [3.8, 4) is 0 Å². The van der Waals surface area contributed by atoms with E-state index in [4.69, 9.17) is 10.5 Å². The molecule has 0 bridgehead atoms. The van der Waals surface area contributed by atoms with Gasteiger partial charge in [0.1, 0.15) is 17.5 Å². The Balaban J connectivity index is 1.58. The van der Waals surface area contributed by atoms with Crippen LogP contribution in [0, 0.1) is 0 Å². The molecule has 8 nitrogen and oxygen atoms in total. The van der Waals surface area contributed by atoms with Gasteiger partial charge >= 0.3 is 0 Å². The highest BCUT2D eigenvalue weighted by Gasteiger charge is 2.28. The highest BCUT2D eigenvalue weighted by atomic mass is 16.5. The Bertz CT molecular complexity index is 893. The Morgan fingerprint density at radius 2 is 2.25 bits per heavy atom. The predicted molar refractivity (Wildman–Crippen MR) is 86.2 cm³/mol. The Hall–Kier alpha value is -3.00. The highest BCUT2D eigenvalue weighted by molar-refractivity contribution is 5.99. The molecule has 1 amide bonds. The number of amides is 1. The average molecular weight is 324 g/mol. The van der Waals surface area contributed by atoms with Crippen LogP contribution in [0.1, 0.15) is 22.2 Å². The first kappa shape index (κ1) is 14.6. The van der Waals surface area contributed by atoms with Gasteiger partial charge in [-0.1, -0.05) is 6.07 Å². The van der Waals surface area contributed by atoms with Gasteiger partial charge in [0.25, 0.3) is 5.91 Å². The van der Waals surface area contributed by atoms with Gasteiger partial charge in [-0.25, -0.2) is 14.5 Å². The van der Waals surface area contributed by atoms with E-state index < -0.39 is 0 Å². The number of pyridine rings is 1. The minimum absolute atomic E-state index is 0.110. The van der Waals surface area contributed by atoms with Crippen molar-refractivity contribution in [2.75, 3.05) is 25.4 Å². The van der Waals surface area contributed by atoms with Crippen molar-refractivity contribution in [1.29, 1.82) is 0 Å². The molecule has 0 saturated carbocycles. The maximum Gasteiger partial charge on any atom is 0.259 e. The Morgan fingerprint density at radius 1 is 1.33 bits per heavy atom. The second-order valence-corrected chi connectivity index (χ2v) is 5.54. The third-order valence-electron chi connectivity index (χ3n) is 3.99. The van der Waals surface area contributed by atoms with Crippen LogP contribution in [-0.4, -0.2) is 50.1 Å². The molecule has 122 valence electrons. The van der Waals surface area contributed by atoms with Crippen molar-refractivity contribution in [2.45, 2.75) is 6.10 Å². The first-order valence-corrected chi connectivity index (χ1v) is 7.64. The molecule has 1 atom stereocenters. The van der Waals surface area contributed by atoms with Gasteiger partial charge in [-0.2, -0.15) is 5.10 Å². The number of nitrogens with two attached hydrogens (primary N) is 1. The van der Waals surface area contributed by atoms with E-state index in [2.05, 4.69) is 15.1 Å². The quantitative estimate of drug-likeness (QED) is 0.752. The number of carbonyl (C=O) groups is 1. The van der Waals surface area contributed by atoms with E-state index >= 15 is 0 Å². The van der Waals surface area contributed by atoms with Crippen molar-refractivity contribution >= 4 is 17.4 Å². The van der Waals surface area contributed by atoms with E-state index in [-0.39, 0.29) is 12.0 Å². The van der Waals surface area contributed by atoms with Gasteiger partial charge < -0.3 is 15.4 Å². The molecule has 3 aromatic heterocycles. The topological polar surface area (TPSA) is 98.6 Å². The largest absolute Gasteiger partial charge is 0.384 e. The molecule has 4 rings (SSSR count). The zero-order valence-electron chi connectivity index (χ0n) is 12.9. The van der Waals surface area contributed by atoms with Crippen LogP contribution in [0.2, 0.25) is 0 Å². The number of ether oxygens (including phenoxy) is 1. The number of hydrogen-bond acceptors (Lipinski definition) is 6. The molecular formula is C16H16N6O2. The van der Waals surface area contributed by atoms with Gasteiger partial charge in [-0.3, -0.25) is 4.79 Å². The number of nitrogens with zero attached hydrogens (tertiary/aromatic N) is 5. The van der Waals surface area contributed by atoms with Crippen LogP contribution in [0.15, 0.2) is 42.9 Å². The van der Waals surface area contributed by atoms with Crippen LogP contribution in [-0.2, 0) is 4.74 Å². The highest BCUT2D eigenvalue weighted by Crippen LogP contribution is 2.23.